The molecule has 3 rings (SSSR count). The number of amidine groups is 1. The monoisotopic (exact) mass is 283 g/mol. The standard InChI is InChI=1S/C17H18FN3/c18-15-11-14(17-19-9-4-10-20-17)7-8-16(15)21-12-13-5-2-1-3-6-13/h1-3,5-8,11,21H,4,9-10,12H2,(H,19,20). The van der Waals surface area contributed by atoms with E-state index in [0.29, 0.717) is 12.2 Å². The number of hydrogen-bond donors (Lipinski definition) is 2. The Kier molecular flexibility index (Phi) is 4.15. The average molecular weight is 283 g/mol. The van der Waals surface area contributed by atoms with E-state index < -0.39 is 0 Å². The summed E-state index contributed by atoms with van der Waals surface area (Å²) in [5.74, 6) is 0.535. The second kappa shape index (κ2) is 6.39. The first kappa shape index (κ1) is 13.6. The molecule has 0 aromatic heterocycles. The summed E-state index contributed by atoms with van der Waals surface area (Å²) in [6.45, 7) is 2.31. The molecular formula is C17H18FN3. The lowest BCUT2D eigenvalue weighted by Crippen LogP contribution is -2.30. The second-order valence-electron chi connectivity index (χ2n) is 5.04. The first-order chi connectivity index (χ1) is 10.3. The van der Waals surface area contributed by atoms with Gasteiger partial charge in [0.25, 0.3) is 0 Å². The molecule has 0 saturated heterocycles. The molecule has 0 spiro atoms. The van der Waals surface area contributed by atoms with Crippen molar-refractivity contribution in [2.24, 2.45) is 4.99 Å². The normalized spacial score (nSPS) is 14.2. The van der Waals surface area contributed by atoms with Crippen molar-refractivity contribution in [2.75, 3.05) is 18.4 Å². The Morgan fingerprint density at radius 2 is 2.00 bits per heavy atom. The van der Waals surface area contributed by atoms with Crippen LogP contribution in [0.2, 0.25) is 0 Å². The Morgan fingerprint density at radius 1 is 1.14 bits per heavy atom. The molecule has 2 aromatic carbocycles. The minimum Gasteiger partial charge on any atom is -0.379 e. The van der Waals surface area contributed by atoms with Crippen LogP contribution in [-0.4, -0.2) is 18.9 Å². The number of hydrogen-bond acceptors (Lipinski definition) is 3. The zero-order valence-electron chi connectivity index (χ0n) is 11.8. The van der Waals surface area contributed by atoms with E-state index in [1.807, 2.05) is 36.4 Å². The van der Waals surface area contributed by atoms with Crippen molar-refractivity contribution < 1.29 is 4.39 Å². The van der Waals surface area contributed by atoms with Gasteiger partial charge in [-0.05, 0) is 30.2 Å². The number of halogens is 1. The van der Waals surface area contributed by atoms with Crippen LogP contribution < -0.4 is 10.6 Å². The van der Waals surface area contributed by atoms with E-state index in [0.717, 1.165) is 36.5 Å². The molecule has 1 aliphatic heterocycles. The van der Waals surface area contributed by atoms with Crippen LogP contribution in [0.5, 0.6) is 0 Å². The van der Waals surface area contributed by atoms with Gasteiger partial charge in [-0.25, -0.2) is 4.39 Å². The Balaban J connectivity index is 1.71. The van der Waals surface area contributed by atoms with Crippen LogP contribution in [0.1, 0.15) is 17.5 Å². The summed E-state index contributed by atoms with van der Waals surface area (Å²) in [4.78, 5) is 4.38. The van der Waals surface area contributed by atoms with Gasteiger partial charge in [0, 0.05) is 25.2 Å². The maximum Gasteiger partial charge on any atom is 0.147 e. The van der Waals surface area contributed by atoms with E-state index >= 15 is 0 Å². The molecule has 0 aliphatic carbocycles. The number of nitrogens with zero attached hydrogens (tertiary/aromatic N) is 1. The summed E-state index contributed by atoms with van der Waals surface area (Å²) in [6.07, 6.45) is 1.03. The minimum atomic E-state index is -0.251. The number of rotatable bonds is 4. The number of benzene rings is 2. The van der Waals surface area contributed by atoms with Crippen LogP contribution >= 0.6 is 0 Å². The quantitative estimate of drug-likeness (QED) is 0.904. The van der Waals surface area contributed by atoms with E-state index in [-0.39, 0.29) is 5.82 Å². The fourth-order valence-electron chi connectivity index (χ4n) is 2.32. The van der Waals surface area contributed by atoms with Crippen LogP contribution in [0.25, 0.3) is 0 Å². The van der Waals surface area contributed by atoms with Gasteiger partial charge < -0.3 is 10.6 Å². The summed E-state index contributed by atoms with van der Waals surface area (Å²) in [6, 6.07) is 15.1. The molecule has 4 heteroatoms. The summed E-state index contributed by atoms with van der Waals surface area (Å²) in [5.41, 5.74) is 2.44. The van der Waals surface area contributed by atoms with Crippen LogP contribution in [0, 0.1) is 5.82 Å². The van der Waals surface area contributed by atoms with Crippen LogP contribution in [-0.2, 0) is 6.54 Å². The molecule has 3 nitrogen and oxygen atoms in total. The lowest BCUT2D eigenvalue weighted by Gasteiger charge is -2.15. The van der Waals surface area contributed by atoms with E-state index in [1.54, 1.807) is 6.07 Å². The molecule has 21 heavy (non-hydrogen) atoms. The van der Waals surface area contributed by atoms with Gasteiger partial charge in [0.1, 0.15) is 11.7 Å². The highest BCUT2D eigenvalue weighted by atomic mass is 19.1. The predicted octanol–water partition coefficient (Wildman–Crippen LogP) is 3.18. The molecule has 0 atom stereocenters. The van der Waals surface area contributed by atoms with E-state index in [1.165, 1.54) is 6.07 Å². The number of aliphatic imine (C=N–C) groups is 1. The molecule has 1 heterocycles. The average Bonchev–Trinajstić information content (AvgIpc) is 2.55. The fraction of sp³-hybridized carbons (Fsp3) is 0.235. The third kappa shape index (κ3) is 3.40. The van der Waals surface area contributed by atoms with Crippen LogP contribution in [0.3, 0.4) is 0 Å². The largest absolute Gasteiger partial charge is 0.379 e. The first-order valence-electron chi connectivity index (χ1n) is 7.19. The summed E-state index contributed by atoms with van der Waals surface area (Å²) < 4.78 is 14.2. The maximum atomic E-state index is 14.2. The topological polar surface area (TPSA) is 36.4 Å². The molecule has 0 unspecified atom stereocenters. The molecule has 0 amide bonds. The van der Waals surface area contributed by atoms with Gasteiger partial charge in [-0.15, -0.1) is 0 Å². The van der Waals surface area contributed by atoms with Gasteiger partial charge in [-0.2, -0.15) is 0 Å². The SMILES string of the molecule is Fc1cc(C2=NCCCN2)ccc1NCc1ccccc1. The second-order valence-corrected chi connectivity index (χ2v) is 5.04. The molecule has 0 bridgehead atoms. The Morgan fingerprint density at radius 3 is 2.71 bits per heavy atom. The van der Waals surface area contributed by atoms with Crippen molar-refractivity contribution in [1.82, 2.24) is 5.32 Å². The van der Waals surface area contributed by atoms with Gasteiger partial charge in [-0.3, -0.25) is 4.99 Å². The van der Waals surface area contributed by atoms with Crippen LogP contribution in [0.4, 0.5) is 10.1 Å². The smallest absolute Gasteiger partial charge is 0.147 e. The van der Waals surface area contributed by atoms with Gasteiger partial charge in [0.05, 0.1) is 5.69 Å². The molecule has 108 valence electrons. The lowest BCUT2D eigenvalue weighted by molar-refractivity contribution is 0.629. The zero-order valence-corrected chi connectivity index (χ0v) is 11.8. The van der Waals surface area contributed by atoms with Crippen LogP contribution in [0.15, 0.2) is 53.5 Å². The Bertz CT molecular complexity index is 638. The van der Waals surface area contributed by atoms with Crippen molar-refractivity contribution >= 4 is 11.5 Å². The molecule has 2 N–H and O–H groups in total. The fourth-order valence-corrected chi connectivity index (χ4v) is 2.32. The highest BCUT2D eigenvalue weighted by Gasteiger charge is 2.10. The lowest BCUT2D eigenvalue weighted by atomic mass is 10.1. The van der Waals surface area contributed by atoms with E-state index in [2.05, 4.69) is 15.6 Å². The number of nitrogens with one attached hydrogen (secondary N) is 2. The Labute approximate surface area is 123 Å². The molecule has 0 saturated carbocycles. The van der Waals surface area contributed by atoms with Gasteiger partial charge in [-0.1, -0.05) is 30.3 Å². The Hall–Kier alpha value is -2.36. The van der Waals surface area contributed by atoms with Gasteiger partial charge in [0.15, 0.2) is 0 Å². The molecule has 0 fully saturated rings. The summed E-state index contributed by atoms with van der Waals surface area (Å²) in [5, 5.41) is 6.33. The molecular weight excluding hydrogens is 265 g/mol. The summed E-state index contributed by atoms with van der Waals surface area (Å²) >= 11 is 0. The molecule has 2 aromatic rings. The number of anilines is 1. The van der Waals surface area contributed by atoms with Crippen molar-refractivity contribution in [1.29, 1.82) is 0 Å². The minimum absolute atomic E-state index is 0.251. The molecule has 0 radical (unpaired) electrons. The van der Waals surface area contributed by atoms with Crippen molar-refractivity contribution in [2.45, 2.75) is 13.0 Å². The van der Waals surface area contributed by atoms with Gasteiger partial charge >= 0.3 is 0 Å². The third-order valence-electron chi connectivity index (χ3n) is 3.47. The van der Waals surface area contributed by atoms with E-state index in [9.17, 15) is 4.39 Å². The zero-order chi connectivity index (χ0) is 14.5. The van der Waals surface area contributed by atoms with Crippen molar-refractivity contribution in [3.8, 4) is 0 Å². The third-order valence-corrected chi connectivity index (χ3v) is 3.47. The maximum absolute atomic E-state index is 14.2. The first-order valence-corrected chi connectivity index (χ1v) is 7.19. The summed E-state index contributed by atoms with van der Waals surface area (Å²) in [7, 11) is 0. The van der Waals surface area contributed by atoms with Crippen molar-refractivity contribution in [3.63, 3.8) is 0 Å². The van der Waals surface area contributed by atoms with E-state index in [4.69, 9.17) is 0 Å². The predicted molar refractivity (Wildman–Crippen MR) is 84.2 cm³/mol. The molecule has 1 aliphatic rings. The highest BCUT2D eigenvalue weighted by molar-refractivity contribution is 5.99. The van der Waals surface area contributed by atoms with Gasteiger partial charge in [0.2, 0.25) is 0 Å². The van der Waals surface area contributed by atoms with Crippen molar-refractivity contribution in [3.05, 3.63) is 65.5 Å². The highest BCUT2D eigenvalue weighted by Crippen LogP contribution is 2.17.